The van der Waals surface area contributed by atoms with Gasteiger partial charge in [-0.3, -0.25) is 4.90 Å². The van der Waals surface area contributed by atoms with Gasteiger partial charge in [-0.15, -0.1) is 0 Å². The number of hydrogen-bond donors (Lipinski definition) is 0. The third kappa shape index (κ3) is 4.61. The smallest absolute Gasteiger partial charge is 0.161 e. The summed E-state index contributed by atoms with van der Waals surface area (Å²) in [4.78, 5) is 2.36. The Labute approximate surface area is 128 Å². The summed E-state index contributed by atoms with van der Waals surface area (Å²) in [7, 11) is 1.69. The largest absolute Gasteiger partial charge is 0.493 e. The molecule has 1 saturated heterocycles. The molecule has 1 aromatic carbocycles. The highest BCUT2D eigenvalue weighted by atomic mass is 16.5. The highest BCUT2D eigenvalue weighted by Gasteiger charge is 2.17. The number of ether oxygens (including phenoxy) is 3. The lowest BCUT2D eigenvalue weighted by Gasteiger charge is -2.26. The predicted molar refractivity (Wildman–Crippen MR) is 84.4 cm³/mol. The average molecular weight is 293 g/mol. The maximum absolute atomic E-state index is 5.89. The van der Waals surface area contributed by atoms with Crippen molar-refractivity contribution in [1.82, 2.24) is 4.90 Å². The Hall–Kier alpha value is -1.26. The zero-order valence-electron chi connectivity index (χ0n) is 13.6. The Balaban J connectivity index is 1.93. The van der Waals surface area contributed by atoms with E-state index in [1.807, 2.05) is 6.07 Å². The molecule has 0 aromatic heterocycles. The minimum Gasteiger partial charge on any atom is -0.493 e. The summed E-state index contributed by atoms with van der Waals surface area (Å²) >= 11 is 0. The minimum absolute atomic E-state index is 0.111. The van der Waals surface area contributed by atoms with Crippen LogP contribution < -0.4 is 9.47 Å². The van der Waals surface area contributed by atoms with Crippen molar-refractivity contribution in [3.8, 4) is 11.5 Å². The van der Waals surface area contributed by atoms with Gasteiger partial charge in [0.15, 0.2) is 11.5 Å². The van der Waals surface area contributed by atoms with Crippen LogP contribution >= 0.6 is 0 Å². The highest BCUT2D eigenvalue weighted by molar-refractivity contribution is 5.44. The standard InChI is InChI=1S/C17H27NO3/c1-17(2,3)14-5-6-15(16(13-14)19-4)21-12-9-18-7-10-20-11-8-18/h5-6,13H,7-12H2,1-4H3. The lowest BCUT2D eigenvalue weighted by Crippen LogP contribution is -2.38. The van der Waals surface area contributed by atoms with Crippen molar-refractivity contribution in [1.29, 1.82) is 0 Å². The molecule has 0 radical (unpaired) electrons. The van der Waals surface area contributed by atoms with Crippen LogP contribution in [0.4, 0.5) is 0 Å². The number of rotatable bonds is 5. The monoisotopic (exact) mass is 293 g/mol. The van der Waals surface area contributed by atoms with E-state index in [0.29, 0.717) is 6.61 Å². The molecule has 1 aliphatic rings. The molecular formula is C17H27NO3. The summed E-state index contributed by atoms with van der Waals surface area (Å²) in [5.74, 6) is 1.63. The van der Waals surface area contributed by atoms with Crippen molar-refractivity contribution < 1.29 is 14.2 Å². The van der Waals surface area contributed by atoms with E-state index in [1.54, 1.807) is 7.11 Å². The molecule has 1 heterocycles. The molecule has 0 saturated carbocycles. The SMILES string of the molecule is COc1cc(C(C)(C)C)ccc1OCCN1CCOCC1. The van der Waals surface area contributed by atoms with Crippen LogP contribution in [0, 0.1) is 0 Å². The van der Waals surface area contributed by atoms with Crippen molar-refractivity contribution in [2.45, 2.75) is 26.2 Å². The summed E-state index contributed by atoms with van der Waals surface area (Å²) in [6.45, 7) is 11.8. The zero-order chi connectivity index (χ0) is 15.3. The van der Waals surface area contributed by atoms with Gasteiger partial charge in [-0.1, -0.05) is 26.8 Å². The van der Waals surface area contributed by atoms with E-state index in [9.17, 15) is 0 Å². The molecule has 1 fully saturated rings. The van der Waals surface area contributed by atoms with E-state index in [2.05, 4.69) is 37.8 Å². The average Bonchev–Trinajstić information content (AvgIpc) is 2.47. The molecule has 0 N–H and O–H groups in total. The van der Waals surface area contributed by atoms with Gasteiger partial charge in [-0.2, -0.15) is 0 Å². The summed E-state index contributed by atoms with van der Waals surface area (Å²) in [6, 6.07) is 6.20. The number of morpholine rings is 1. The Morgan fingerprint density at radius 2 is 1.86 bits per heavy atom. The van der Waals surface area contributed by atoms with E-state index in [4.69, 9.17) is 14.2 Å². The molecule has 0 spiro atoms. The van der Waals surface area contributed by atoms with Crippen LogP contribution in [0.5, 0.6) is 11.5 Å². The first-order valence-corrected chi connectivity index (χ1v) is 7.62. The minimum atomic E-state index is 0.111. The molecule has 2 rings (SSSR count). The first-order valence-electron chi connectivity index (χ1n) is 7.62. The van der Waals surface area contributed by atoms with Gasteiger partial charge in [0.05, 0.1) is 20.3 Å². The molecule has 0 unspecified atom stereocenters. The molecule has 21 heavy (non-hydrogen) atoms. The summed E-state index contributed by atoms with van der Waals surface area (Å²) in [6.07, 6.45) is 0. The summed E-state index contributed by atoms with van der Waals surface area (Å²) < 4.78 is 16.7. The molecule has 4 nitrogen and oxygen atoms in total. The van der Waals surface area contributed by atoms with Crippen molar-refractivity contribution >= 4 is 0 Å². The first-order chi connectivity index (χ1) is 10.0. The van der Waals surface area contributed by atoms with Crippen LogP contribution in [0.15, 0.2) is 18.2 Å². The van der Waals surface area contributed by atoms with Crippen molar-refractivity contribution in [2.24, 2.45) is 0 Å². The van der Waals surface area contributed by atoms with E-state index in [1.165, 1.54) is 5.56 Å². The van der Waals surface area contributed by atoms with E-state index >= 15 is 0 Å². The topological polar surface area (TPSA) is 30.9 Å². The lowest BCUT2D eigenvalue weighted by molar-refractivity contribution is 0.0321. The van der Waals surface area contributed by atoms with E-state index in [0.717, 1.165) is 44.3 Å². The highest BCUT2D eigenvalue weighted by Crippen LogP contribution is 2.33. The van der Waals surface area contributed by atoms with E-state index in [-0.39, 0.29) is 5.41 Å². The second-order valence-corrected chi connectivity index (χ2v) is 6.42. The molecule has 0 atom stereocenters. The van der Waals surface area contributed by atoms with Crippen LogP contribution in [0.25, 0.3) is 0 Å². The van der Waals surface area contributed by atoms with Gasteiger partial charge in [-0.25, -0.2) is 0 Å². The zero-order valence-corrected chi connectivity index (χ0v) is 13.6. The first kappa shape index (κ1) is 16.1. The van der Waals surface area contributed by atoms with Gasteiger partial charge >= 0.3 is 0 Å². The van der Waals surface area contributed by atoms with Gasteiger partial charge in [0.25, 0.3) is 0 Å². The maximum atomic E-state index is 5.89. The van der Waals surface area contributed by atoms with Crippen LogP contribution in [0.1, 0.15) is 26.3 Å². The molecule has 1 aliphatic heterocycles. The fourth-order valence-corrected chi connectivity index (χ4v) is 2.36. The third-order valence-electron chi connectivity index (χ3n) is 3.80. The number of nitrogens with zero attached hydrogens (tertiary/aromatic N) is 1. The normalized spacial score (nSPS) is 16.8. The summed E-state index contributed by atoms with van der Waals surface area (Å²) in [5.41, 5.74) is 1.36. The molecule has 0 bridgehead atoms. The second kappa shape index (κ2) is 7.14. The van der Waals surface area contributed by atoms with Gasteiger partial charge in [0.2, 0.25) is 0 Å². The quantitative estimate of drug-likeness (QED) is 0.835. The number of methoxy groups -OCH3 is 1. The van der Waals surface area contributed by atoms with Crippen molar-refractivity contribution in [2.75, 3.05) is 46.6 Å². The summed E-state index contributed by atoms with van der Waals surface area (Å²) in [5, 5.41) is 0. The Bertz CT molecular complexity index is 448. The Kier molecular flexibility index (Phi) is 5.48. The van der Waals surface area contributed by atoms with Gasteiger partial charge in [-0.05, 0) is 23.1 Å². The fraction of sp³-hybridized carbons (Fsp3) is 0.647. The number of hydrogen-bond acceptors (Lipinski definition) is 4. The van der Waals surface area contributed by atoms with E-state index < -0.39 is 0 Å². The molecular weight excluding hydrogens is 266 g/mol. The van der Waals surface area contributed by atoms with Gasteiger partial charge in [0.1, 0.15) is 6.61 Å². The molecule has 0 amide bonds. The third-order valence-corrected chi connectivity index (χ3v) is 3.80. The van der Waals surface area contributed by atoms with Crippen molar-refractivity contribution in [3.05, 3.63) is 23.8 Å². The van der Waals surface area contributed by atoms with Crippen LogP contribution in [-0.4, -0.2) is 51.5 Å². The maximum Gasteiger partial charge on any atom is 0.161 e. The predicted octanol–water partition coefficient (Wildman–Crippen LogP) is 2.70. The van der Waals surface area contributed by atoms with Gasteiger partial charge in [0, 0.05) is 19.6 Å². The fourth-order valence-electron chi connectivity index (χ4n) is 2.36. The van der Waals surface area contributed by atoms with Crippen LogP contribution in [0.2, 0.25) is 0 Å². The lowest BCUT2D eigenvalue weighted by atomic mass is 9.87. The molecule has 1 aromatic rings. The number of benzene rings is 1. The van der Waals surface area contributed by atoms with Crippen LogP contribution in [0.3, 0.4) is 0 Å². The molecule has 118 valence electrons. The Morgan fingerprint density at radius 3 is 2.48 bits per heavy atom. The molecule has 0 aliphatic carbocycles. The molecule has 4 heteroatoms. The second-order valence-electron chi connectivity index (χ2n) is 6.42. The van der Waals surface area contributed by atoms with Gasteiger partial charge < -0.3 is 14.2 Å². The Morgan fingerprint density at radius 1 is 1.14 bits per heavy atom. The van der Waals surface area contributed by atoms with Crippen molar-refractivity contribution in [3.63, 3.8) is 0 Å². The van der Waals surface area contributed by atoms with Crippen LogP contribution in [-0.2, 0) is 10.2 Å².